The number of ether oxygens (including phenoxy) is 2. The van der Waals surface area contributed by atoms with Crippen molar-refractivity contribution in [3.63, 3.8) is 0 Å². The minimum absolute atomic E-state index is 0. The number of methoxy groups -OCH3 is 1. The fraction of sp³-hybridized carbons (Fsp3) is 0.500. The topological polar surface area (TPSA) is 64.7 Å². The highest BCUT2D eigenvalue weighted by Crippen LogP contribution is 2.38. The Labute approximate surface area is 122 Å². The summed E-state index contributed by atoms with van der Waals surface area (Å²) in [6.07, 6.45) is 0.517. The first-order valence-corrected chi connectivity index (χ1v) is 6.30. The molecule has 104 valence electrons. The number of nitrogens with two attached hydrogens (primary N) is 1. The summed E-state index contributed by atoms with van der Waals surface area (Å²) in [5.74, 6) is 1.32. The molecule has 4 nitrogen and oxygen atoms in total. The summed E-state index contributed by atoms with van der Waals surface area (Å²) >= 11 is 3.44. The van der Waals surface area contributed by atoms with Crippen molar-refractivity contribution in [2.45, 2.75) is 19.4 Å². The van der Waals surface area contributed by atoms with Crippen molar-refractivity contribution in [3.8, 4) is 11.5 Å². The number of aliphatic hydroxyl groups is 1. The predicted molar refractivity (Wildman–Crippen MR) is 77.7 cm³/mol. The van der Waals surface area contributed by atoms with Crippen LogP contribution in [-0.2, 0) is 0 Å². The highest BCUT2D eigenvalue weighted by molar-refractivity contribution is 9.10. The lowest BCUT2D eigenvalue weighted by molar-refractivity contribution is 0.276. The fourth-order valence-electron chi connectivity index (χ4n) is 1.54. The first-order chi connectivity index (χ1) is 8.13. The van der Waals surface area contributed by atoms with Crippen molar-refractivity contribution >= 4 is 28.3 Å². The molecular weight excluding hydrogens is 321 g/mol. The molecule has 0 bridgehead atoms. The molecule has 18 heavy (non-hydrogen) atoms. The zero-order valence-corrected chi connectivity index (χ0v) is 12.9. The van der Waals surface area contributed by atoms with E-state index >= 15 is 0 Å². The minimum atomic E-state index is -0.208. The van der Waals surface area contributed by atoms with Gasteiger partial charge in [0, 0.05) is 12.6 Å². The lowest BCUT2D eigenvalue weighted by Crippen LogP contribution is -2.12. The fourth-order valence-corrected chi connectivity index (χ4v) is 2.12. The largest absolute Gasteiger partial charge is 0.493 e. The standard InChI is InChI=1S/C12H18BrNO3.ClH/c1-3-17-12-9(13)6-8(7-11(12)16-2)10(14)4-5-15;/h6-7,10,15H,3-5,14H2,1-2H3;1H. The second kappa shape index (κ2) is 8.58. The van der Waals surface area contributed by atoms with Gasteiger partial charge < -0.3 is 20.3 Å². The van der Waals surface area contributed by atoms with Gasteiger partial charge in [-0.25, -0.2) is 0 Å². The van der Waals surface area contributed by atoms with Crippen molar-refractivity contribution in [1.82, 2.24) is 0 Å². The van der Waals surface area contributed by atoms with E-state index in [1.807, 2.05) is 19.1 Å². The van der Waals surface area contributed by atoms with Gasteiger partial charge in [0.05, 0.1) is 18.2 Å². The van der Waals surface area contributed by atoms with Crippen LogP contribution in [0.3, 0.4) is 0 Å². The van der Waals surface area contributed by atoms with Gasteiger partial charge in [-0.15, -0.1) is 12.4 Å². The lowest BCUT2D eigenvalue weighted by atomic mass is 10.0. The molecule has 0 fully saturated rings. The molecule has 0 aliphatic heterocycles. The van der Waals surface area contributed by atoms with E-state index in [4.69, 9.17) is 20.3 Å². The van der Waals surface area contributed by atoms with E-state index in [2.05, 4.69) is 15.9 Å². The van der Waals surface area contributed by atoms with Crippen molar-refractivity contribution in [1.29, 1.82) is 0 Å². The highest BCUT2D eigenvalue weighted by Gasteiger charge is 2.14. The third-order valence-corrected chi connectivity index (χ3v) is 3.00. The average molecular weight is 341 g/mol. The van der Waals surface area contributed by atoms with E-state index in [-0.39, 0.29) is 25.1 Å². The number of rotatable bonds is 6. The molecule has 0 heterocycles. The molecule has 0 aliphatic carbocycles. The van der Waals surface area contributed by atoms with Crippen LogP contribution < -0.4 is 15.2 Å². The second-order valence-corrected chi connectivity index (χ2v) is 4.44. The SMILES string of the molecule is CCOc1c(Br)cc(C(N)CCO)cc1OC.Cl. The lowest BCUT2D eigenvalue weighted by Gasteiger charge is -2.16. The van der Waals surface area contributed by atoms with Crippen LogP contribution in [0.5, 0.6) is 11.5 Å². The molecule has 1 aromatic carbocycles. The third kappa shape index (κ3) is 4.31. The Balaban J connectivity index is 0.00000289. The van der Waals surface area contributed by atoms with Gasteiger partial charge in [0.1, 0.15) is 0 Å². The predicted octanol–water partition coefficient (Wildman–Crippen LogP) is 2.66. The molecule has 1 unspecified atom stereocenters. The van der Waals surface area contributed by atoms with Crippen molar-refractivity contribution in [3.05, 3.63) is 22.2 Å². The molecule has 0 radical (unpaired) electrons. The van der Waals surface area contributed by atoms with E-state index in [0.29, 0.717) is 24.5 Å². The van der Waals surface area contributed by atoms with Crippen molar-refractivity contribution < 1.29 is 14.6 Å². The summed E-state index contributed by atoms with van der Waals surface area (Å²) in [4.78, 5) is 0. The summed E-state index contributed by atoms with van der Waals surface area (Å²) in [6, 6.07) is 3.53. The van der Waals surface area contributed by atoms with Crippen LogP contribution in [0.15, 0.2) is 16.6 Å². The van der Waals surface area contributed by atoms with Gasteiger partial charge in [-0.3, -0.25) is 0 Å². The Morgan fingerprint density at radius 1 is 1.44 bits per heavy atom. The Bertz CT molecular complexity index is 377. The van der Waals surface area contributed by atoms with Crippen LogP contribution in [0.25, 0.3) is 0 Å². The molecule has 1 atom stereocenters. The van der Waals surface area contributed by atoms with Gasteiger partial charge in [0.25, 0.3) is 0 Å². The minimum Gasteiger partial charge on any atom is -0.493 e. The Kier molecular flexibility index (Phi) is 8.35. The summed E-state index contributed by atoms with van der Waals surface area (Å²) in [7, 11) is 1.59. The number of aliphatic hydroxyl groups excluding tert-OH is 1. The first-order valence-electron chi connectivity index (χ1n) is 5.50. The molecule has 1 rings (SSSR count). The maximum absolute atomic E-state index is 8.88. The van der Waals surface area contributed by atoms with Crippen LogP contribution >= 0.6 is 28.3 Å². The molecule has 1 aromatic rings. The van der Waals surface area contributed by atoms with Crippen LogP contribution in [0, 0.1) is 0 Å². The van der Waals surface area contributed by atoms with E-state index in [1.165, 1.54) is 0 Å². The van der Waals surface area contributed by atoms with Gasteiger partial charge in [-0.1, -0.05) is 0 Å². The summed E-state index contributed by atoms with van der Waals surface area (Å²) < 4.78 is 11.6. The Hall–Kier alpha value is -0.490. The average Bonchev–Trinajstić information content (AvgIpc) is 2.31. The van der Waals surface area contributed by atoms with Gasteiger partial charge in [-0.2, -0.15) is 0 Å². The van der Waals surface area contributed by atoms with Gasteiger partial charge in [0.2, 0.25) is 0 Å². The molecule has 0 aliphatic rings. The zero-order valence-electron chi connectivity index (χ0n) is 10.5. The summed E-state index contributed by atoms with van der Waals surface area (Å²) in [5, 5.41) is 8.88. The van der Waals surface area contributed by atoms with E-state index in [1.54, 1.807) is 7.11 Å². The number of benzene rings is 1. The molecule has 3 N–H and O–H groups in total. The van der Waals surface area contributed by atoms with E-state index in [9.17, 15) is 0 Å². The Morgan fingerprint density at radius 2 is 2.11 bits per heavy atom. The molecule has 0 amide bonds. The second-order valence-electron chi connectivity index (χ2n) is 3.59. The quantitative estimate of drug-likeness (QED) is 0.835. The number of hydrogen-bond acceptors (Lipinski definition) is 4. The third-order valence-electron chi connectivity index (χ3n) is 2.41. The van der Waals surface area contributed by atoms with E-state index in [0.717, 1.165) is 10.0 Å². The maximum Gasteiger partial charge on any atom is 0.175 e. The van der Waals surface area contributed by atoms with Crippen LogP contribution in [0.2, 0.25) is 0 Å². The molecule has 0 spiro atoms. The van der Waals surface area contributed by atoms with Crippen molar-refractivity contribution in [2.75, 3.05) is 20.3 Å². The zero-order chi connectivity index (χ0) is 12.8. The van der Waals surface area contributed by atoms with Gasteiger partial charge >= 0.3 is 0 Å². The smallest absolute Gasteiger partial charge is 0.175 e. The molecular formula is C12H19BrClNO3. The van der Waals surface area contributed by atoms with Gasteiger partial charge in [0.15, 0.2) is 11.5 Å². The highest BCUT2D eigenvalue weighted by atomic mass is 79.9. The normalized spacial score (nSPS) is 11.6. The molecule has 0 aromatic heterocycles. The van der Waals surface area contributed by atoms with Crippen LogP contribution in [0.1, 0.15) is 24.9 Å². The number of hydrogen-bond donors (Lipinski definition) is 2. The van der Waals surface area contributed by atoms with Crippen LogP contribution in [0.4, 0.5) is 0 Å². The number of halogens is 2. The van der Waals surface area contributed by atoms with Crippen LogP contribution in [-0.4, -0.2) is 25.4 Å². The Morgan fingerprint density at radius 3 is 2.61 bits per heavy atom. The van der Waals surface area contributed by atoms with Crippen molar-refractivity contribution in [2.24, 2.45) is 5.73 Å². The molecule has 6 heteroatoms. The first kappa shape index (κ1) is 17.5. The van der Waals surface area contributed by atoms with Gasteiger partial charge in [-0.05, 0) is 47.0 Å². The van der Waals surface area contributed by atoms with E-state index < -0.39 is 0 Å². The summed E-state index contributed by atoms with van der Waals surface area (Å²) in [6.45, 7) is 2.54. The maximum atomic E-state index is 8.88. The molecule has 0 saturated heterocycles. The molecule has 0 saturated carbocycles. The summed E-state index contributed by atoms with van der Waals surface area (Å²) in [5.41, 5.74) is 6.85. The monoisotopic (exact) mass is 339 g/mol.